The number of thiophene rings is 1. The second-order valence-electron chi connectivity index (χ2n) is 6.33. The second kappa shape index (κ2) is 9.94. The monoisotopic (exact) mass is 413 g/mol. The lowest BCUT2D eigenvalue weighted by Crippen LogP contribution is -2.45. The Morgan fingerprint density at radius 1 is 1.17 bits per heavy atom. The van der Waals surface area contributed by atoms with Gasteiger partial charge in [-0.1, -0.05) is 43.3 Å². The van der Waals surface area contributed by atoms with E-state index in [0.717, 1.165) is 16.9 Å². The fourth-order valence-corrected chi connectivity index (χ4v) is 3.63. The Hall–Kier alpha value is -3.04. The van der Waals surface area contributed by atoms with E-state index in [1.165, 1.54) is 18.4 Å². The third-order valence-corrected chi connectivity index (χ3v) is 5.10. The summed E-state index contributed by atoms with van der Waals surface area (Å²) in [5, 5.41) is 15.0. The highest BCUT2D eigenvalue weighted by Gasteiger charge is 2.29. The molecule has 3 rings (SSSR count). The third kappa shape index (κ3) is 5.27. The summed E-state index contributed by atoms with van der Waals surface area (Å²) >= 11 is 1.52. The quantitative estimate of drug-likeness (QED) is 0.588. The lowest BCUT2D eigenvalue weighted by atomic mass is 10.0. The SMILES string of the molecule is CCCN(Cc1nnc(-c2cccs2)o1)[C@H](C(=O)NC(=O)NC)c1ccccc1. The molecule has 2 heterocycles. The van der Waals surface area contributed by atoms with Gasteiger partial charge in [0.25, 0.3) is 5.89 Å². The Balaban J connectivity index is 1.87. The minimum absolute atomic E-state index is 0.285. The molecule has 0 radical (unpaired) electrons. The third-order valence-electron chi connectivity index (χ3n) is 4.24. The van der Waals surface area contributed by atoms with Crippen molar-refractivity contribution in [2.45, 2.75) is 25.9 Å². The number of hydrogen-bond acceptors (Lipinski definition) is 7. The molecule has 3 amide bonds. The summed E-state index contributed by atoms with van der Waals surface area (Å²) in [4.78, 5) is 27.5. The van der Waals surface area contributed by atoms with E-state index in [9.17, 15) is 9.59 Å². The summed E-state index contributed by atoms with van der Waals surface area (Å²) in [5.74, 6) is 0.454. The van der Waals surface area contributed by atoms with Crippen LogP contribution in [-0.4, -0.2) is 40.6 Å². The summed E-state index contributed by atoms with van der Waals surface area (Å²) in [7, 11) is 1.47. The standard InChI is InChI=1S/C20H23N5O3S/c1-3-11-25(13-16-23-24-19(28-16)15-10-7-12-29-15)17(14-8-5-4-6-9-14)18(26)22-20(27)21-2/h4-10,12,17H,3,11,13H2,1-2H3,(H2,21,22,26,27)/t17-/m0/s1. The van der Waals surface area contributed by atoms with Gasteiger partial charge in [-0.05, 0) is 30.0 Å². The highest BCUT2D eigenvalue weighted by atomic mass is 32.1. The summed E-state index contributed by atoms with van der Waals surface area (Å²) in [6.45, 7) is 2.92. The largest absolute Gasteiger partial charge is 0.419 e. The van der Waals surface area contributed by atoms with Gasteiger partial charge in [0.2, 0.25) is 11.8 Å². The smallest absolute Gasteiger partial charge is 0.321 e. The molecule has 0 saturated carbocycles. The van der Waals surface area contributed by atoms with Crippen molar-refractivity contribution < 1.29 is 14.0 Å². The van der Waals surface area contributed by atoms with Gasteiger partial charge in [0.1, 0.15) is 6.04 Å². The topological polar surface area (TPSA) is 100 Å². The van der Waals surface area contributed by atoms with Gasteiger partial charge in [0, 0.05) is 7.05 Å². The summed E-state index contributed by atoms with van der Waals surface area (Å²) < 4.78 is 5.81. The molecule has 29 heavy (non-hydrogen) atoms. The lowest BCUT2D eigenvalue weighted by molar-refractivity contribution is -0.126. The van der Waals surface area contributed by atoms with Crippen LogP contribution in [0.5, 0.6) is 0 Å². The van der Waals surface area contributed by atoms with E-state index in [-0.39, 0.29) is 6.54 Å². The minimum atomic E-state index is -0.675. The molecule has 0 bridgehead atoms. The van der Waals surface area contributed by atoms with Gasteiger partial charge < -0.3 is 9.73 Å². The molecular formula is C20H23N5O3S. The van der Waals surface area contributed by atoms with Gasteiger partial charge in [-0.2, -0.15) is 0 Å². The highest BCUT2D eigenvalue weighted by Crippen LogP contribution is 2.26. The lowest BCUT2D eigenvalue weighted by Gasteiger charge is -2.29. The van der Waals surface area contributed by atoms with Crippen molar-refractivity contribution in [1.82, 2.24) is 25.7 Å². The van der Waals surface area contributed by atoms with Crippen LogP contribution in [0.1, 0.15) is 30.8 Å². The number of carbonyl (C=O) groups excluding carboxylic acids is 2. The number of imide groups is 1. The van der Waals surface area contributed by atoms with Gasteiger partial charge in [-0.15, -0.1) is 21.5 Å². The predicted molar refractivity (Wildman–Crippen MR) is 110 cm³/mol. The zero-order valence-electron chi connectivity index (χ0n) is 16.3. The Labute approximate surface area is 172 Å². The van der Waals surface area contributed by atoms with Gasteiger partial charge in [-0.25, -0.2) is 4.79 Å². The van der Waals surface area contributed by atoms with Crippen LogP contribution < -0.4 is 10.6 Å². The molecule has 0 aliphatic rings. The van der Waals surface area contributed by atoms with Crippen LogP contribution in [0.4, 0.5) is 4.79 Å². The first kappa shape index (κ1) is 20.7. The number of nitrogens with zero attached hydrogens (tertiary/aromatic N) is 3. The molecule has 0 aliphatic carbocycles. The normalized spacial score (nSPS) is 12.0. The van der Waals surface area contributed by atoms with Crippen molar-refractivity contribution in [2.75, 3.05) is 13.6 Å². The van der Waals surface area contributed by atoms with Crippen LogP contribution in [0.3, 0.4) is 0 Å². The molecule has 0 fully saturated rings. The molecule has 152 valence electrons. The first-order valence-corrected chi connectivity index (χ1v) is 10.2. The summed E-state index contributed by atoms with van der Waals surface area (Å²) in [5.41, 5.74) is 0.778. The van der Waals surface area contributed by atoms with E-state index < -0.39 is 18.0 Å². The summed E-state index contributed by atoms with van der Waals surface area (Å²) in [6, 6.07) is 11.9. The van der Waals surface area contributed by atoms with Gasteiger partial charge in [-0.3, -0.25) is 15.0 Å². The van der Waals surface area contributed by atoms with E-state index in [1.54, 1.807) is 0 Å². The molecule has 0 unspecified atom stereocenters. The maximum atomic E-state index is 12.9. The second-order valence-corrected chi connectivity index (χ2v) is 7.28. The molecule has 3 aromatic rings. The average Bonchev–Trinajstić information content (AvgIpc) is 3.41. The van der Waals surface area contributed by atoms with Crippen molar-refractivity contribution in [1.29, 1.82) is 0 Å². The van der Waals surface area contributed by atoms with Crippen LogP contribution in [0.25, 0.3) is 10.8 Å². The van der Waals surface area contributed by atoms with E-state index in [2.05, 4.69) is 20.8 Å². The van der Waals surface area contributed by atoms with Gasteiger partial charge >= 0.3 is 6.03 Å². The van der Waals surface area contributed by atoms with Crippen molar-refractivity contribution in [3.63, 3.8) is 0 Å². The maximum Gasteiger partial charge on any atom is 0.321 e. The molecule has 1 atom stereocenters. The molecule has 0 saturated heterocycles. The molecule has 1 aromatic carbocycles. The van der Waals surface area contributed by atoms with E-state index in [1.807, 2.05) is 59.7 Å². The van der Waals surface area contributed by atoms with E-state index in [4.69, 9.17) is 4.42 Å². The average molecular weight is 414 g/mol. The maximum absolute atomic E-state index is 12.9. The molecule has 0 spiro atoms. The fraction of sp³-hybridized carbons (Fsp3) is 0.300. The Bertz CT molecular complexity index is 927. The highest BCUT2D eigenvalue weighted by molar-refractivity contribution is 7.13. The number of benzene rings is 1. The number of carbonyl (C=O) groups is 2. The number of aromatic nitrogens is 2. The van der Waals surface area contributed by atoms with Crippen LogP contribution in [0.15, 0.2) is 52.3 Å². The van der Waals surface area contributed by atoms with E-state index in [0.29, 0.717) is 18.3 Å². The number of hydrogen-bond donors (Lipinski definition) is 2. The molecule has 2 N–H and O–H groups in total. The van der Waals surface area contributed by atoms with Crippen LogP contribution in [0, 0.1) is 0 Å². The molecular weight excluding hydrogens is 390 g/mol. The summed E-state index contributed by atoms with van der Waals surface area (Å²) in [6.07, 6.45) is 0.808. The Morgan fingerprint density at radius 3 is 2.62 bits per heavy atom. The molecule has 8 nitrogen and oxygen atoms in total. The molecule has 9 heteroatoms. The Kier molecular flexibility index (Phi) is 7.09. The van der Waals surface area contributed by atoms with Crippen LogP contribution in [0.2, 0.25) is 0 Å². The number of urea groups is 1. The number of amides is 3. The van der Waals surface area contributed by atoms with E-state index >= 15 is 0 Å². The van der Waals surface area contributed by atoms with Crippen LogP contribution >= 0.6 is 11.3 Å². The fourth-order valence-electron chi connectivity index (χ4n) is 2.98. The minimum Gasteiger partial charge on any atom is -0.419 e. The number of nitrogens with one attached hydrogen (secondary N) is 2. The van der Waals surface area contributed by atoms with Crippen LogP contribution in [-0.2, 0) is 11.3 Å². The molecule has 2 aromatic heterocycles. The zero-order chi connectivity index (χ0) is 20.6. The van der Waals surface area contributed by atoms with Gasteiger partial charge in [0.05, 0.1) is 11.4 Å². The number of rotatable bonds is 8. The Morgan fingerprint density at radius 2 is 1.97 bits per heavy atom. The van der Waals surface area contributed by atoms with Crippen molar-refractivity contribution >= 4 is 23.3 Å². The van der Waals surface area contributed by atoms with Crippen molar-refractivity contribution in [3.8, 4) is 10.8 Å². The van der Waals surface area contributed by atoms with Crippen molar-refractivity contribution in [3.05, 3.63) is 59.3 Å². The van der Waals surface area contributed by atoms with Crippen molar-refractivity contribution in [2.24, 2.45) is 0 Å². The zero-order valence-corrected chi connectivity index (χ0v) is 17.1. The first-order chi connectivity index (χ1) is 14.1. The molecule has 0 aliphatic heterocycles. The van der Waals surface area contributed by atoms with Gasteiger partial charge in [0.15, 0.2) is 0 Å². The first-order valence-electron chi connectivity index (χ1n) is 9.30. The predicted octanol–water partition coefficient (Wildman–Crippen LogP) is 3.21.